The summed E-state index contributed by atoms with van der Waals surface area (Å²) in [7, 11) is 1.23. The van der Waals surface area contributed by atoms with Crippen molar-refractivity contribution in [1.29, 1.82) is 0 Å². The van der Waals surface area contributed by atoms with Crippen LogP contribution in [0.1, 0.15) is 16.7 Å². The van der Waals surface area contributed by atoms with Gasteiger partial charge in [0.15, 0.2) is 0 Å². The molecule has 0 aliphatic heterocycles. The lowest BCUT2D eigenvalue weighted by molar-refractivity contribution is -0.145. The smallest absolute Gasteiger partial charge is 0.328 e. The molecule has 3 aromatic rings. The van der Waals surface area contributed by atoms with E-state index in [1.54, 1.807) is 24.3 Å². The summed E-state index contributed by atoms with van der Waals surface area (Å²) in [4.78, 5) is 24.5. The Balaban J connectivity index is 1.59. The molecule has 0 aliphatic carbocycles. The minimum Gasteiger partial charge on any atom is -0.489 e. The summed E-state index contributed by atoms with van der Waals surface area (Å²) < 4.78 is 37.2. The van der Waals surface area contributed by atoms with E-state index in [1.807, 2.05) is 30.3 Å². The first-order valence-corrected chi connectivity index (χ1v) is 10.0. The molecule has 1 atom stereocenters. The molecule has 1 N–H and O–H groups in total. The Morgan fingerprint density at radius 2 is 1.53 bits per heavy atom. The number of benzene rings is 3. The van der Waals surface area contributed by atoms with Crippen LogP contribution in [0.15, 0.2) is 72.8 Å². The van der Waals surface area contributed by atoms with Crippen LogP contribution in [0.2, 0.25) is 0 Å². The molecule has 0 aromatic heterocycles. The number of halogens is 2. The van der Waals surface area contributed by atoms with Gasteiger partial charge in [0.25, 0.3) is 0 Å². The summed E-state index contributed by atoms with van der Waals surface area (Å²) >= 11 is 0. The van der Waals surface area contributed by atoms with Crippen LogP contribution < -0.4 is 10.1 Å². The van der Waals surface area contributed by atoms with Crippen LogP contribution in [-0.4, -0.2) is 25.0 Å². The van der Waals surface area contributed by atoms with E-state index in [2.05, 4.69) is 5.32 Å². The topological polar surface area (TPSA) is 64.6 Å². The highest BCUT2D eigenvalue weighted by atomic mass is 19.1. The van der Waals surface area contributed by atoms with Crippen LogP contribution in [0.25, 0.3) is 0 Å². The number of nitrogens with one attached hydrogen (secondary N) is 1. The van der Waals surface area contributed by atoms with Crippen molar-refractivity contribution in [2.45, 2.75) is 25.5 Å². The van der Waals surface area contributed by atoms with Gasteiger partial charge in [-0.15, -0.1) is 0 Å². The molecule has 0 radical (unpaired) electrons. The van der Waals surface area contributed by atoms with Crippen LogP contribution in [0, 0.1) is 11.6 Å². The highest BCUT2D eigenvalue weighted by molar-refractivity contribution is 5.85. The van der Waals surface area contributed by atoms with Gasteiger partial charge in [0.05, 0.1) is 13.5 Å². The third-order valence-electron chi connectivity index (χ3n) is 4.72. The van der Waals surface area contributed by atoms with E-state index in [-0.39, 0.29) is 18.4 Å². The van der Waals surface area contributed by atoms with Crippen molar-refractivity contribution in [3.8, 4) is 5.75 Å². The number of hydrogen-bond donors (Lipinski definition) is 1. The maximum atomic E-state index is 13.3. The van der Waals surface area contributed by atoms with Crippen molar-refractivity contribution in [1.82, 2.24) is 5.32 Å². The first kappa shape index (κ1) is 22.9. The average Bonchev–Trinajstić information content (AvgIpc) is 2.77. The first-order valence-electron chi connectivity index (χ1n) is 10.0. The van der Waals surface area contributed by atoms with Crippen molar-refractivity contribution in [3.63, 3.8) is 0 Å². The number of ether oxygens (including phenoxy) is 2. The Kier molecular flexibility index (Phi) is 7.91. The maximum absolute atomic E-state index is 13.3. The lowest BCUT2D eigenvalue weighted by atomic mass is 10.0. The SMILES string of the molecule is COC(=O)[C@H](Cc1ccc(OCc2ccccc2)cc1)NC(=O)Cc1cc(F)cc(F)c1. The normalized spacial score (nSPS) is 11.5. The molecule has 0 fully saturated rings. The second-order valence-electron chi connectivity index (χ2n) is 7.22. The van der Waals surface area contributed by atoms with Crippen molar-refractivity contribution >= 4 is 11.9 Å². The zero-order chi connectivity index (χ0) is 22.9. The molecule has 32 heavy (non-hydrogen) atoms. The quantitative estimate of drug-likeness (QED) is 0.512. The Morgan fingerprint density at radius 3 is 2.16 bits per heavy atom. The van der Waals surface area contributed by atoms with Crippen molar-refractivity contribution in [3.05, 3.63) is 101 Å². The molecule has 3 aromatic carbocycles. The zero-order valence-corrected chi connectivity index (χ0v) is 17.5. The highest BCUT2D eigenvalue weighted by Gasteiger charge is 2.22. The largest absolute Gasteiger partial charge is 0.489 e. The fraction of sp³-hybridized carbons (Fsp3) is 0.200. The van der Waals surface area contributed by atoms with Gasteiger partial charge in [0.1, 0.15) is 30.0 Å². The van der Waals surface area contributed by atoms with Gasteiger partial charge in [-0.2, -0.15) is 0 Å². The molecule has 0 unspecified atom stereocenters. The number of esters is 1. The van der Waals surface area contributed by atoms with Crippen molar-refractivity contribution in [2.75, 3.05) is 7.11 Å². The maximum Gasteiger partial charge on any atom is 0.328 e. The molecular formula is C25H23F2NO4. The molecular weight excluding hydrogens is 416 g/mol. The minimum atomic E-state index is -0.943. The van der Waals surface area contributed by atoms with Gasteiger partial charge in [-0.1, -0.05) is 42.5 Å². The van der Waals surface area contributed by atoms with Crippen molar-refractivity contribution in [2.24, 2.45) is 0 Å². The summed E-state index contributed by atoms with van der Waals surface area (Å²) in [6.45, 7) is 0.432. The van der Waals surface area contributed by atoms with E-state index in [0.29, 0.717) is 12.4 Å². The molecule has 1 amide bonds. The average molecular weight is 439 g/mol. The van der Waals surface area contributed by atoms with Crippen LogP contribution in [-0.2, 0) is 33.8 Å². The number of hydrogen-bond acceptors (Lipinski definition) is 4. The zero-order valence-electron chi connectivity index (χ0n) is 17.5. The fourth-order valence-electron chi connectivity index (χ4n) is 3.18. The van der Waals surface area contributed by atoms with E-state index >= 15 is 0 Å². The summed E-state index contributed by atoms with van der Waals surface area (Å²) in [6, 6.07) is 18.8. The number of methoxy groups -OCH3 is 1. The lowest BCUT2D eigenvalue weighted by Gasteiger charge is -2.17. The molecule has 3 rings (SSSR count). The second kappa shape index (κ2) is 11.0. The molecule has 7 heteroatoms. The van der Waals surface area contributed by atoms with Crippen LogP contribution in [0.5, 0.6) is 5.75 Å². The fourth-order valence-corrected chi connectivity index (χ4v) is 3.18. The summed E-state index contributed by atoms with van der Waals surface area (Å²) in [5.41, 5.74) is 2.00. The Hall–Kier alpha value is -3.74. The molecule has 0 bridgehead atoms. The monoisotopic (exact) mass is 439 g/mol. The van der Waals surface area contributed by atoms with Crippen LogP contribution >= 0.6 is 0 Å². The lowest BCUT2D eigenvalue weighted by Crippen LogP contribution is -2.43. The Morgan fingerprint density at radius 1 is 0.875 bits per heavy atom. The Labute approximate surface area is 185 Å². The molecule has 0 saturated carbocycles. The molecule has 166 valence electrons. The Bertz CT molecular complexity index is 1040. The van der Waals surface area contributed by atoms with Crippen LogP contribution in [0.3, 0.4) is 0 Å². The van der Waals surface area contributed by atoms with E-state index in [1.165, 1.54) is 7.11 Å². The predicted molar refractivity (Wildman–Crippen MR) is 115 cm³/mol. The van der Waals surface area contributed by atoms with Gasteiger partial charge in [0.2, 0.25) is 5.91 Å². The van der Waals surface area contributed by atoms with Gasteiger partial charge >= 0.3 is 5.97 Å². The third-order valence-corrected chi connectivity index (χ3v) is 4.72. The van der Waals surface area contributed by atoms with Gasteiger partial charge in [0, 0.05) is 12.5 Å². The standard InChI is InChI=1S/C25H23F2NO4/c1-31-25(30)23(28-24(29)14-19-11-20(26)15-21(27)12-19)13-17-7-9-22(10-8-17)32-16-18-5-3-2-4-6-18/h2-12,15,23H,13-14,16H2,1H3,(H,28,29)/t23-/m0/s1. The van der Waals surface area contributed by atoms with E-state index in [0.717, 1.165) is 29.3 Å². The molecule has 0 aliphatic rings. The van der Waals surface area contributed by atoms with Crippen LogP contribution in [0.4, 0.5) is 8.78 Å². The van der Waals surface area contributed by atoms with Gasteiger partial charge in [-0.05, 0) is 41.0 Å². The van der Waals surface area contributed by atoms with E-state index in [9.17, 15) is 18.4 Å². The minimum absolute atomic E-state index is 0.170. The molecule has 5 nitrogen and oxygen atoms in total. The van der Waals surface area contributed by atoms with E-state index < -0.39 is 29.6 Å². The number of carbonyl (C=O) groups excluding carboxylic acids is 2. The predicted octanol–water partition coefficient (Wildman–Crippen LogP) is 3.99. The third kappa shape index (κ3) is 6.91. The summed E-state index contributed by atoms with van der Waals surface area (Å²) in [5.74, 6) is -2.04. The summed E-state index contributed by atoms with van der Waals surface area (Å²) in [5, 5.41) is 2.58. The van der Waals surface area contributed by atoms with Gasteiger partial charge in [-0.3, -0.25) is 4.79 Å². The van der Waals surface area contributed by atoms with Crippen molar-refractivity contribution < 1.29 is 27.8 Å². The molecule has 0 heterocycles. The molecule has 0 spiro atoms. The summed E-state index contributed by atoms with van der Waals surface area (Å²) in [6.07, 6.45) is -0.0800. The van der Waals surface area contributed by atoms with Gasteiger partial charge < -0.3 is 14.8 Å². The van der Waals surface area contributed by atoms with Gasteiger partial charge in [-0.25, -0.2) is 13.6 Å². The van der Waals surface area contributed by atoms with E-state index in [4.69, 9.17) is 9.47 Å². The first-order chi connectivity index (χ1) is 15.4. The highest BCUT2D eigenvalue weighted by Crippen LogP contribution is 2.16. The number of carbonyl (C=O) groups is 2. The molecule has 0 saturated heterocycles. The number of rotatable bonds is 9. The second-order valence-corrected chi connectivity index (χ2v) is 7.22. The number of amides is 1.